The Hall–Kier alpha value is -1.36. The Morgan fingerprint density at radius 1 is 0.548 bits per heavy atom. The average molecular weight is 595 g/mol. The largest absolute Gasteiger partial charge is 0.463 e. The number of aliphatic hydroxyl groups is 1. The Labute approximate surface area is 261 Å². The highest BCUT2D eigenvalue weighted by atomic mass is 16.6. The van der Waals surface area contributed by atoms with E-state index in [9.17, 15) is 14.7 Å². The maximum absolute atomic E-state index is 12.5. The van der Waals surface area contributed by atoms with Gasteiger partial charge >= 0.3 is 11.9 Å². The van der Waals surface area contributed by atoms with Gasteiger partial charge in [-0.3, -0.25) is 9.59 Å². The number of rotatable bonds is 32. The maximum atomic E-state index is 12.5. The van der Waals surface area contributed by atoms with E-state index in [1.54, 1.807) is 0 Å². The van der Waals surface area contributed by atoms with Crippen LogP contribution in [0.2, 0.25) is 0 Å². The first kappa shape index (κ1) is 40.6. The molecule has 0 saturated carbocycles. The summed E-state index contributed by atoms with van der Waals surface area (Å²) >= 11 is 0. The molecule has 0 rings (SSSR count). The van der Waals surface area contributed by atoms with Crippen LogP contribution in [0.1, 0.15) is 194 Å². The predicted octanol–water partition coefficient (Wildman–Crippen LogP) is 11.0. The molecule has 0 aliphatic carbocycles. The fourth-order valence-electron chi connectivity index (χ4n) is 5.25. The van der Waals surface area contributed by atoms with Crippen LogP contribution in [-0.2, 0) is 19.1 Å². The van der Waals surface area contributed by atoms with E-state index in [0.29, 0.717) is 19.3 Å². The molecule has 0 amide bonds. The van der Waals surface area contributed by atoms with Crippen molar-refractivity contribution >= 4 is 11.9 Å². The van der Waals surface area contributed by atoms with Gasteiger partial charge in [-0.1, -0.05) is 142 Å². The first-order valence-corrected chi connectivity index (χ1v) is 18.2. The summed E-state index contributed by atoms with van der Waals surface area (Å²) in [5, 5.41) is 10.8. The summed E-state index contributed by atoms with van der Waals surface area (Å²) in [5.41, 5.74) is 0. The number of hydrogen-bond acceptors (Lipinski definition) is 5. The third-order valence-electron chi connectivity index (χ3n) is 8.10. The number of hydrogen-bond donors (Lipinski definition) is 1. The van der Waals surface area contributed by atoms with Crippen LogP contribution in [0, 0.1) is 0 Å². The topological polar surface area (TPSA) is 72.8 Å². The number of ether oxygens (including phenoxy) is 2. The Kier molecular flexibility index (Phi) is 31.5. The maximum Gasteiger partial charge on any atom is 0.306 e. The molecule has 0 spiro atoms. The molecule has 0 aliphatic rings. The molecule has 5 heteroatoms. The van der Waals surface area contributed by atoms with Crippen LogP contribution in [0.4, 0.5) is 0 Å². The van der Waals surface area contributed by atoms with Crippen LogP contribution in [0.15, 0.2) is 12.2 Å². The van der Waals surface area contributed by atoms with Gasteiger partial charge < -0.3 is 14.6 Å². The monoisotopic (exact) mass is 595 g/mol. The molecule has 0 aromatic carbocycles. The molecule has 5 nitrogen and oxygen atoms in total. The van der Waals surface area contributed by atoms with Crippen molar-refractivity contribution in [2.75, 3.05) is 6.61 Å². The lowest BCUT2D eigenvalue weighted by molar-refractivity contribution is -0.161. The van der Waals surface area contributed by atoms with E-state index in [-0.39, 0.29) is 18.5 Å². The van der Waals surface area contributed by atoms with Crippen molar-refractivity contribution in [3.63, 3.8) is 0 Å². The van der Waals surface area contributed by atoms with Crippen LogP contribution in [0.25, 0.3) is 0 Å². The van der Waals surface area contributed by atoms with Gasteiger partial charge in [-0.25, -0.2) is 0 Å². The summed E-state index contributed by atoms with van der Waals surface area (Å²) in [7, 11) is 0. The Morgan fingerprint density at radius 3 is 1.45 bits per heavy atom. The number of unbranched alkanes of at least 4 members (excludes halogenated alkanes) is 20. The second kappa shape index (κ2) is 32.6. The minimum atomic E-state index is -0.971. The molecule has 1 N–H and O–H groups in total. The SMILES string of the molecule is CCCCCCCC/C=C\CCCCCCCCC(OC(=O)CCCCCCC)C(O)COC(=O)CCCCCCC. The van der Waals surface area contributed by atoms with Crippen molar-refractivity contribution in [2.45, 2.75) is 206 Å². The molecule has 0 fully saturated rings. The van der Waals surface area contributed by atoms with E-state index in [4.69, 9.17) is 9.47 Å². The minimum Gasteiger partial charge on any atom is -0.463 e. The average Bonchev–Trinajstić information content (AvgIpc) is 2.98. The lowest BCUT2D eigenvalue weighted by atomic mass is 10.0. The molecule has 0 bridgehead atoms. The molecule has 0 saturated heterocycles. The standard InChI is InChI=1S/C37H70O5/c1-4-7-10-13-14-15-16-17-18-19-20-21-22-23-26-27-30-35(42-37(40)32-29-25-12-9-6-3)34(38)33-41-36(39)31-28-24-11-8-5-2/h17-18,34-35,38H,4-16,19-33H2,1-3H3/b18-17-. The minimum absolute atomic E-state index is 0.103. The van der Waals surface area contributed by atoms with Crippen molar-refractivity contribution in [3.8, 4) is 0 Å². The highest BCUT2D eigenvalue weighted by Crippen LogP contribution is 2.17. The Bertz CT molecular complexity index is 617. The summed E-state index contributed by atoms with van der Waals surface area (Å²) in [5.74, 6) is -0.522. The highest BCUT2D eigenvalue weighted by Gasteiger charge is 2.24. The quantitative estimate of drug-likeness (QED) is 0.0476. The molecule has 0 aromatic rings. The fraction of sp³-hybridized carbons (Fsp3) is 0.892. The zero-order chi connectivity index (χ0) is 30.9. The Balaban J connectivity index is 4.23. The van der Waals surface area contributed by atoms with E-state index in [1.807, 2.05) is 0 Å². The predicted molar refractivity (Wildman–Crippen MR) is 178 cm³/mol. The van der Waals surface area contributed by atoms with Crippen molar-refractivity contribution in [2.24, 2.45) is 0 Å². The van der Waals surface area contributed by atoms with Gasteiger partial charge in [-0.05, 0) is 51.4 Å². The molecule has 0 heterocycles. The molecule has 0 aliphatic heterocycles. The third kappa shape index (κ3) is 28.7. The van der Waals surface area contributed by atoms with Gasteiger partial charge in [0.05, 0.1) is 0 Å². The van der Waals surface area contributed by atoms with Gasteiger partial charge in [0.15, 0.2) is 0 Å². The number of aliphatic hydroxyl groups excluding tert-OH is 1. The molecule has 2 atom stereocenters. The van der Waals surface area contributed by atoms with Gasteiger partial charge in [0.2, 0.25) is 0 Å². The van der Waals surface area contributed by atoms with Gasteiger partial charge in [-0.15, -0.1) is 0 Å². The van der Waals surface area contributed by atoms with Crippen molar-refractivity contribution in [1.82, 2.24) is 0 Å². The number of allylic oxidation sites excluding steroid dienone is 2. The third-order valence-corrected chi connectivity index (χ3v) is 8.10. The Morgan fingerprint density at radius 2 is 0.952 bits per heavy atom. The lowest BCUT2D eigenvalue weighted by Gasteiger charge is -2.23. The van der Waals surface area contributed by atoms with E-state index in [1.165, 1.54) is 96.3 Å². The van der Waals surface area contributed by atoms with Crippen LogP contribution >= 0.6 is 0 Å². The summed E-state index contributed by atoms with van der Waals surface area (Å²) in [6.07, 6.45) is 32.6. The molecule has 0 aromatic heterocycles. The van der Waals surface area contributed by atoms with Crippen LogP contribution in [0.3, 0.4) is 0 Å². The first-order chi connectivity index (χ1) is 20.5. The number of esters is 2. The smallest absolute Gasteiger partial charge is 0.306 e. The van der Waals surface area contributed by atoms with Crippen molar-refractivity contribution in [3.05, 3.63) is 12.2 Å². The molecule has 42 heavy (non-hydrogen) atoms. The van der Waals surface area contributed by atoms with E-state index >= 15 is 0 Å². The highest BCUT2D eigenvalue weighted by molar-refractivity contribution is 5.70. The molecular formula is C37H70O5. The summed E-state index contributed by atoms with van der Waals surface area (Å²) in [6, 6.07) is 0. The lowest BCUT2D eigenvalue weighted by Crippen LogP contribution is -2.35. The fourth-order valence-corrected chi connectivity index (χ4v) is 5.25. The van der Waals surface area contributed by atoms with Gasteiger partial charge in [-0.2, -0.15) is 0 Å². The number of carbonyl (C=O) groups excluding carboxylic acids is 2. The van der Waals surface area contributed by atoms with Crippen molar-refractivity contribution in [1.29, 1.82) is 0 Å². The van der Waals surface area contributed by atoms with Crippen molar-refractivity contribution < 1.29 is 24.2 Å². The number of carbonyl (C=O) groups is 2. The zero-order valence-electron chi connectivity index (χ0n) is 28.2. The van der Waals surface area contributed by atoms with Gasteiger partial charge in [0.1, 0.15) is 18.8 Å². The molecule has 0 radical (unpaired) electrons. The second-order valence-corrected chi connectivity index (χ2v) is 12.3. The first-order valence-electron chi connectivity index (χ1n) is 18.2. The summed E-state index contributed by atoms with van der Waals surface area (Å²) < 4.78 is 11.1. The van der Waals surface area contributed by atoms with Gasteiger partial charge in [0, 0.05) is 12.8 Å². The summed E-state index contributed by atoms with van der Waals surface area (Å²) in [6.45, 7) is 6.51. The van der Waals surface area contributed by atoms with E-state index < -0.39 is 12.2 Å². The normalized spacial score (nSPS) is 13.0. The van der Waals surface area contributed by atoms with E-state index in [0.717, 1.165) is 57.8 Å². The van der Waals surface area contributed by atoms with Crippen LogP contribution < -0.4 is 0 Å². The van der Waals surface area contributed by atoms with Gasteiger partial charge in [0.25, 0.3) is 0 Å². The van der Waals surface area contributed by atoms with Crippen LogP contribution in [-0.4, -0.2) is 35.9 Å². The molecule has 248 valence electrons. The molecule has 2 unspecified atom stereocenters. The van der Waals surface area contributed by atoms with Crippen LogP contribution in [0.5, 0.6) is 0 Å². The zero-order valence-corrected chi connectivity index (χ0v) is 28.2. The molecular weight excluding hydrogens is 524 g/mol. The van der Waals surface area contributed by atoms with E-state index in [2.05, 4.69) is 32.9 Å². The second-order valence-electron chi connectivity index (χ2n) is 12.3. The summed E-state index contributed by atoms with van der Waals surface area (Å²) in [4.78, 5) is 24.6.